The monoisotopic (exact) mass is 381 g/mol. The Hall–Kier alpha value is -2.53. The van der Waals surface area contributed by atoms with Gasteiger partial charge in [-0.2, -0.15) is 0 Å². The van der Waals surface area contributed by atoms with Crippen molar-refractivity contribution >= 4 is 29.0 Å². The molecule has 140 valence electrons. The number of benzene rings is 2. The van der Waals surface area contributed by atoms with Crippen LogP contribution in [0.5, 0.6) is 5.75 Å². The Morgan fingerprint density at radius 3 is 2.37 bits per heavy atom. The Balaban J connectivity index is 1.71. The van der Waals surface area contributed by atoms with E-state index in [0.717, 1.165) is 40.6 Å². The number of thioether (sulfide) groups is 1. The second-order valence-electron chi connectivity index (χ2n) is 6.66. The van der Waals surface area contributed by atoms with E-state index in [0.29, 0.717) is 11.4 Å². The Morgan fingerprint density at radius 1 is 1.07 bits per heavy atom. The zero-order chi connectivity index (χ0) is 19.4. The molecule has 0 aliphatic carbocycles. The van der Waals surface area contributed by atoms with Gasteiger partial charge in [0.25, 0.3) is 11.1 Å². The highest BCUT2D eigenvalue weighted by Crippen LogP contribution is 2.33. The van der Waals surface area contributed by atoms with Crippen molar-refractivity contribution in [3.8, 4) is 5.75 Å². The van der Waals surface area contributed by atoms with Crippen molar-refractivity contribution in [1.29, 1.82) is 0 Å². The van der Waals surface area contributed by atoms with E-state index < -0.39 is 0 Å². The summed E-state index contributed by atoms with van der Waals surface area (Å²) >= 11 is 0.985. The van der Waals surface area contributed by atoms with Gasteiger partial charge in [0, 0.05) is 0 Å². The van der Waals surface area contributed by atoms with Gasteiger partial charge in [-0.25, -0.2) is 0 Å². The van der Waals surface area contributed by atoms with Crippen molar-refractivity contribution in [1.82, 2.24) is 4.90 Å². The Morgan fingerprint density at radius 2 is 1.74 bits per heavy atom. The molecule has 1 aliphatic rings. The summed E-state index contributed by atoms with van der Waals surface area (Å²) in [6.07, 6.45) is 2.86. The Labute approximate surface area is 164 Å². The van der Waals surface area contributed by atoms with E-state index >= 15 is 0 Å². The predicted octanol–water partition coefficient (Wildman–Crippen LogP) is 5.41. The summed E-state index contributed by atoms with van der Waals surface area (Å²) in [5.74, 6) is 0.555. The van der Waals surface area contributed by atoms with Gasteiger partial charge in [0.1, 0.15) is 5.75 Å². The fourth-order valence-corrected chi connectivity index (χ4v) is 3.46. The number of carbonyl (C=O) groups is 2. The van der Waals surface area contributed by atoms with Gasteiger partial charge in [0.05, 0.1) is 17.6 Å². The van der Waals surface area contributed by atoms with Gasteiger partial charge in [0.15, 0.2) is 0 Å². The smallest absolute Gasteiger partial charge is 0.293 e. The highest BCUT2D eigenvalue weighted by atomic mass is 32.2. The molecule has 2 amide bonds. The Kier molecular flexibility index (Phi) is 6.01. The van der Waals surface area contributed by atoms with Crippen molar-refractivity contribution in [3.05, 3.63) is 70.1 Å². The van der Waals surface area contributed by atoms with Crippen LogP contribution in [0.25, 0.3) is 6.08 Å². The van der Waals surface area contributed by atoms with Gasteiger partial charge in [0.2, 0.25) is 0 Å². The molecule has 1 atom stereocenters. The van der Waals surface area contributed by atoms with Crippen LogP contribution < -0.4 is 4.74 Å². The number of rotatable bonds is 6. The molecule has 2 aromatic rings. The fourth-order valence-electron chi connectivity index (χ4n) is 2.62. The minimum atomic E-state index is -0.245. The van der Waals surface area contributed by atoms with Crippen LogP contribution in [-0.4, -0.2) is 22.2 Å². The molecular weight excluding hydrogens is 358 g/mol. The number of nitrogens with zero attached hydrogens (tertiary/aromatic N) is 1. The van der Waals surface area contributed by atoms with Gasteiger partial charge >= 0.3 is 0 Å². The SMILES string of the molecule is CC[C@H](C)Oc1ccc(/C=C2\SC(=O)N(Cc3ccc(C)cc3)C2=O)cc1. The highest BCUT2D eigenvalue weighted by Gasteiger charge is 2.34. The molecule has 1 aliphatic heterocycles. The molecule has 0 spiro atoms. The molecule has 5 heteroatoms. The molecule has 1 fully saturated rings. The largest absolute Gasteiger partial charge is 0.491 e. The normalized spacial score (nSPS) is 16.9. The van der Waals surface area contributed by atoms with Crippen molar-refractivity contribution in [2.24, 2.45) is 0 Å². The van der Waals surface area contributed by atoms with Crippen LogP contribution in [-0.2, 0) is 11.3 Å². The maximum absolute atomic E-state index is 12.6. The maximum Gasteiger partial charge on any atom is 0.293 e. The molecule has 4 nitrogen and oxygen atoms in total. The lowest BCUT2D eigenvalue weighted by Crippen LogP contribution is -2.27. The molecule has 27 heavy (non-hydrogen) atoms. The molecule has 0 radical (unpaired) electrons. The van der Waals surface area contributed by atoms with Crippen molar-refractivity contribution in [2.75, 3.05) is 0 Å². The van der Waals surface area contributed by atoms with Gasteiger partial charge in [-0.15, -0.1) is 0 Å². The average Bonchev–Trinajstić information content (AvgIpc) is 2.92. The number of imide groups is 1. The Bertz CT molecular complexity index is 856. The van der Waals surface area contributed by atoms with Crippen LogP contribution in [0.15, 0.2) is 53.4 Å². The molecular formula is C22H23NO3S. The molecule has 0 bridgehead atoms. The molecule has 2 aromatic carbocycles. The lowest BCUT2D eigenvalue weighted by molar-refractivity contribution is -0.123. The van der Waals surface area contributed by atoms with Gasteiger partial charge in [-0.05, 0) is 61.4 Å². The summed E-state index contributed by atoms with van der Waals surface area (Å²) < 4.78 is 5.76. The number of hydrogen-bond donors (Lipinski definition) is 0. The number of hydrogen-bond acceptors (Lipinski definition) is 4. The van der Waals surface area contributed by atoms with Crippen LogP contribution in [0, 0.1) is 6.92 Å². The molecule has 1 saturated heterocycles. The quantitative estimate of drug-likeness (QED) is 0.628. The molecule has 0 unspecified atom stereocenters. The molecule has 0 aromatic heterocycles. The predicted molar refractivity (Wildman–Crippen MR) is 110 cm³/mol. The average molecular weight is 381 g/mol. The van der Waals surface area contributed by atoms with Crippen molar-refractivity contribution in [3.63, 3.8) is 0 Å². The first-order valence-electron chi connectivity index (χ1n) is 9.04. The van der Waals surface area contributed by atoms with E-state index in [2.05, 4.69) is 6.92 Å². The second kappa shape index (κ2) is 8.44. The van der Waals surface area contributed by atoms with Gasteiger partial charge in [-0.3, -0.25) is 14.5 Å². The van der Waals surface area contributed by atoms with E-state index in [-0.39, 0.29) is 17.3 Å². The first kappa shape index (κ1) is 19.2. The van der Waals surface area contributed by atoms with Crippen LogP contribution in [0.4, 0.5) is 4.79 Å². The zero-order valence-corrected chi connectivity index (χ0v) is 16.6. The molecule has 0 N–H and O–H groups in total. The van der Waals surface area contributed by atoms with Gasteiger partial charge in [-0.1, -0.05) is 48.9 Å². The summed E-state index contributed by atoms with van der Waals surface area (Å²) in [6, 6.07) is 15.4. The number of carbonyl (C=O) groups excluding carboxylic acids is 2. The second-order valence-corrected chi connectivity index (χ2v) is 7.65. The molecule has 1 heterocycles. The minimum absolute atomic E-state index is 0.161. The van der Waals surface area contributed by atoms with Crippen LogP contribution in [0.3, 0.4) is 0 Å². The van der Waals surface area contributed by atoms with Gasteiger partial charge < -0.3 is 4.74 Å². The summed E-state index contributed by atoms with van der Waals surface area (Å²) in [4.78, 5) is 26.6. The minimum Gasteiger partial charge on any atom is -0.491 e. The third-order valence-electron chi connectivity index (χ3n) is 4.42. The van der Waals surface area contributed by atoms with E-state index in [1.165, 1.54) is 4.90 Å². The molecule has 0 saturated carbocycles. The zero-order valence-electron chi connectivity index (χ0n) is 15.8. The summed E-state index contributed by atoms with van der Waals surface area (Å²) in [5, 5.41) is -0.233. The van der Waals surface area contributed by atoms with Crippen LogP contribution >= 0.6 is 11.8 Å². The lowest BCUT2D eigenvalue weighted by Gasteiger charge is -2.13. The van der Waals surface area contributed by atoms with Crippen molar-refractivity contribution in [2.45, 2.75) is 39.8 Å². The third kappa shape index (κ3) is 4.80. The van der Waals surface area contributed by atoms with Crippen molar-refractivity contribution < 1.29 is 14.3 Å². The number of aryl methyl sites for hydroxylation is 1. The molecule has 3 rings (SSSR count). The lowest BCUT2D eigenvalue weighted by atomic mass is 10.1. The first-order chi connectivity index (χ1) is 13.0. The summed E-state index contributed by atoms with van der Waals surface area (Å²) in [6.45, 7) is 6.40. The standard InChI is InChI=1S/C22H23NO3S/c1-4-16(3)26-19-11-9-17(10-12-19)13-20-21(24)23(22(25)27-20)14-18-7-5-15(2)6-8-18/h5-13,16H,4,14H2,1-3H3/b20-13-/t16-/m0/s1. The third-order valence-corrected chi connectivity index (χ3v) is 5.33. The van der Waals surface area contributed by atoms with E-state index in [1.807, 2.05) is 62.4 Å². The fraction of sp³-hybridized carbons (Fsp3) is 0.273. The van der Waals surface area contributed by atoms with E-state index in [9.17, 15) is 9.59 Å². The van der Waals surface area contributed by atoms with Crippen LogP contribution in [0.1, 0.15) is 37.0 Å². The summed E-state index contributed by atoms with van der Waals surface area (Å²) in [5.41, 5.74) is 2.96. The maximum atomic E-state index is 12.6. The highest BCUT2D eigenvalue weighted by molar-refractivity contribution is 8.18. The number of amides is 2. The van der Waals surface area contributed by atoms with E-state index in [1.54, 1.807) is 6.08 Å². The number of ether oxygens (including phenoxy) is 1. The van der Waals surface area contributed by atoms with Crippen LogP contribution in [0.2, 0.25) is 0 Å². The summed E-state index contributed by atoms with van der Waals surface area (Å²) in [7, 11) is 0. The van der Waals surface area contributed by atoms with E-state index in [4.69, 9.17) is 4.74 Å². The topological polar surface area (TPSA) is 46.6 Å². The first-order valence-corrected chi connectivity index (χ1v) is 9.85.